The van der Waals surface area contributed by atoms with Crippen LogP contribution in [-0.2, 0) is 19.5 Å². The van der Waals surface area contributed by atoms with Gasteiger partial charge in [-0.3, -0.25) is 0 Å². The van der Waals surface area contributed by atoms with Gasteiger partial charge in [-0.1, -0.05) is 93.8 Å². The SMILES string of the molecule is C#CC1C(=C)C(C)=C1N1CCc2ccc(CNC(=C)C(=C)/C=C(/C(=C)NC3CCC/C(C)=C(C=C)\C=C/C3C)N(C)/C(C)=C\C)cc2C1. The molecule has 4 heteroatoms. The molecule has 1 aromatic rings. The van der Waals surface area contributed by atoms with Crippen LogP contribution in [0.4, 0.5) is 0 Å². The first kappa shape index (κ1) is 36.2. The van der Waals surface area contributed by atoms with Crippen LogP contribution in [0, 0.1) is 24.2 Å². The highest BCUT2D eigenvalue weighted by atomic mass is 15.2. The van der Waals surface area contributed by atoms with Crippen LogP contribution in [0.15, 0.2) is 138 Å². The van der Waals surface area contributed by atoms with Crippen molar-refractivity contribution >= 4 is 0 Å². The maximum Gasteiger partial charge on any atom is 0.0848 e. The second-order valence-corrected chi connectivity index (χ2v) is 13.6. The predicted octanol–water partition coefficient (Wildman–Crippen LogP) is 9.39. The summed E-state index contributed by atoms with van der Waals surface area (Å²) in [5.74, 6) is 3.29. The number of nitrogens with zero attached hydrogens (tertiary/aromatic N) is 2. The fraction of sp³-hybridized carbons (Fsp3) is 0.364. The number of hydrogen-bond donors (Lipinski definition) is 2. The Hall–Kier alpha value is -4.62. The second kappa shape index (κ2) is 16.0. The molecule has 2 aliphatic carbocycles. The van der Waals surface area contributed by atoms with Gasteiger partial charge in [0, 0.05) is 49.8 Å². The number of allylic oxidation sites excluding steroid dienone is 9. The number of likely N-dealkylation sites (N-methyl/N-ethyl adjacent to an activating group) is 1. The van der Waals surface area contributed by atoms with E-state index in [1.807, 2.05) is 6.08 Å². The lowest BCUT2D eigenvalue weighted by molar-refractivity contribution is 0.290. The molecule has 0 radical (unpaired) electrons. The van der Waals surface area contributed by atoms with Crippen LogP contribution in [0.25, 0.3) is 0 Å². The molecule has 0 fully saturated rings. The van der Waals surface area contributed by atoms with Crippen molar-refractivity contribution in [2.45, 2.75) is 79.4 Å². The monoisotopic (exact) mass is 640 g/mol. The van der Waals surface area contributed by atoms with Crippen molar-refractivity contribution < 1.29 is 0 Å². The van der Waals surface area contributed by atoms with Crippen LogP contribution < -0.4 is 10.6 Å². The standard InChI is InChI=1S/C44H56N4/c1-13-32(7)47(12)43(36(11)46-42-18-16-17-29(4)38(14-2)21-19-30(42)5)25-31(6)35(10)45-27-37-20-22-39-23-24-48(28-40(39)26-37)44-34(9)33(8)41(44)15-3/h3,13-14,19-22,25-26,30,41-42,45-46H,2,6,8,10-11,16-18,23-24,27-28H2,1,4-5,7,9,12H3/b21-19-,32-13-,38-29-,43-25-. The molecule has 3 unspecified atom stereocenters. The minimum Gasteiger partial charge on any atom is -0.381 e. The van der Waals surface area contributed by atoms with E-state index in [1.54, 1.807) is 0 Å². The predicted molar refractivity (Wildman–Crippen MR) is 206 cm³/mol. The summed E-state index contributed by atoms with van der Waals surface area (Å²) in [4.78, 5) is 4.61. The first-order valence-electron chi connectivity index (χ1n) is 17.3. The fourth-order valence-corrected chi connectivity index (χ4v) is 6.82. The van der Waals surface area contributed by atoms with Gasteiger partial charge in [0.25, 0.3) is 0 Å². The number of benzene rings is 1. The van der Waals surface area contributed by atoms with Crippen LogP contribution in [0.5, 0.6) is 0 Å². The number of fused-ring (bicyclic) bond motifs is 1. The first-order chi connectivity index (χ1) is 22.9. The molecule has 1 aliphatic heterocycles. The molecular formula is C44H56N4. The van der Waals surface area contributed by atoms with Crippen molar-refractivity contribution in [3.63, 3.8) is 0 Å². The summed E-state index contributed by atoms with van der Waals surface area (Å²) in [6.45, 7) is 34.8. The Bertz CT molecular complexity index is 1680. The Kier molecular flexibility index (Phi) is 12.1. The molecule has 1 aromatic carbocycles. The summed E-state index contributed by atoms with van der Waals surface area (Å²) < 4.78 is 0. The van der Waals surface area contributed by atoms with E-state index >= 15 is 0 Å². The summed E-state index contributed by atoms with van der Waals surface area (Å²) in [5, 5.41) is 7.33. The van der Waals surface area contributed by atoms with Gasteiger partial charge in [-0.15, -0.1) is 6.42 Å². The highest BCUT2D eigenvalue weighted by Gasteiger charge is 2.34. The summed E-state index contributed by atoms with van der Waals surface area (Å²) >= 11 is 0. The first-order valence-corrected chi connectivity index (χ1v) is 17.3. The number of rotatable bonds is 12. The zero-order chi connectivity index (χ0) is 35.1. The zero-order valence-electron chi connectivity index (χ0n) is 30.3. The van der Waals surface area contributed by atoms with Crippen molar-refractivity contribution in [2.24, 2.45) is 11.8 Å². The van der Waals surface area contributed by atoms with Crippen molar-refractivity contribution in [1.29, 1.82) is 0 Å². The van der Waals surface area contributed by atoms with Gasteiger partial charge in [-0.2, -0.15) is 0 Å². The molecule has 0 amide bonds. The third-order valence-electron chi connectivity index (χ3n) is 10.5. The van der Waals surface area contributed by atoms with Crippen LogP contribution in [-0.4, -0.2) is 29.4 Å². The van der Waals surface area contributed by atoms with E-state index in [0.717, 1.165) is 72.7 Å². The summed E-state index contributed by atoms with van der Waals surface area (Å²) in [6, 6.07) is 7.06. The van der Waals surface area contributed by atoms with Gasteiger partial charge in [-0.25, -0.2) is 0 Å². The van der Waals surface area contributed by atoms with E-state index in [4.69, 9.17) is 6.42 Å². The molecule has 252 valence electrons. The van der Waals surface area contributed by atoms with E-state index < -0.39 is 0 Å². The van der Waals surface area contributed by atoms with Crippen LogP contribution in [0.1, 0.15) is 70.6 Å². The summed E-state index contributed by atoms with van der Waals surface area (Å²) in [7, 11) is 2.08. The lowest BCUT2D eigenvalue weighted by atomic mass is 9.77. The van der Waals surface area contributed by atoms with E-state index in [9.17, 15) is 0 Å². The Morgan fingerprint density at radius 2 is 1.90 bits per heavy atom. The van der Waals surface area contributed by atoms with E-state index in [0.29, 0.717) is 12.5 Å². The highest BCUT2D eigenvalue weighted by molar-refractivity contribution is 5.54. The quantitative estimate of drug-likeness (QED) is 0.176. The summed E-state index contributed by atoms with van der Waals surface area (Å²) in [6.07, 6.45) is 20.7. The van der Waals surface area contributed by atoms with Crippen molar-refractivity contribution in [3.05, 3.63) is 155 Å². The summed E-state index contributed by atoms with van der Waals surface area (Å²) in [5.41, 5.74) is 14.8. The largest absolute Gasteiger partial charge is 0.381 e. The van der Waals surface area contributed by atoms with Crippen LogP contribution in [0.3, 0.4) is 0 Å². The molecule has 0 spiro atoms. The maximum absolute atomic E-state index is 5.84. The topological polar surface area (TPSA) is 30.5 Å². The van der Waals surface area contributed by atoms with Gasteiger partial charge in [0.2, 0.25) is 0 Å². The molecule has 0 saturated carbocycles. The number of terminal acetylenes is 1. The third-order valence-corrected chi connectivity index (χ3v) is 10.5. The Balaban J connectivity index is 1.45. The van der Waals surface area contributed by atoms with Gasteiger partial charge < -0.3 is 20.4 Å². The van der Waals surface area contributed by atoms with Gasteiger partial charge in [0.05, 0.1) is 17.3 Å². The average Bonchev–Trinajstić information content (AvgIpc) is 3.15. The van der Waals surface area contributed by atoms with Crippen LogP contribution >= 0.6 is 0 Å². The zero-order valence-corrected chi connectivity index (χ0v) is 30.3. The molecule has 0 bridgehead atoms. The van der Waals surface area contributed by atoms with Gasteiger partial charge in [-0.05, 0) is 104 Å². The van der Waals surface area contributed by atoms with Gasteiger partial charge >= 0.3 is 0 Å². The highest BCUT2D eigenvalue weighted by Crippen LogP contribution is 2.42. The molecule has 2 N–H and O–H groups in total. The molecule has 3 atom stereocenters. The molecule has 4 rings (SSSR count). The minimum atomic E-state index is 0.0410. The second-order valence-electron chi connectivity index (χ2n) is 13.6. The third kappa shape index (κ3) is 8.08. The molecule has 0 aromatic heterocycles. The smallest absolute Gasteiger partial charge is 0.0848 e. The van der Waals surface area contributed by atoms with Crippen LogP contribution in [0.2, 0.25) is 0 Å². The van der Waals surface area contributed by atoms with Gasteiger partial charge in [0.1, 0.15) is 0 Å². The minimum absolute atomic E-state index is 0.0410. The van der Waals surface area contributed by atoms with Crippen molar-refractivity contribution in [1.82, 2.24) is 20.4 Å². The normalized spacial score (nSPS) is 23.8. The number of hydrogen-bond acceptors (Lipinski definition) is 4. The molecule has 1 heterocycles. The van der Waals surface area contributed by atoms with E-state index in [2.05, 4.69) is 143 Å². The average molecular weight is 641 g/mol. The Morgan fingerprint density at radius 1 is 1.15 bits per heavy atom. The maximum atomic E-state index is 5.84. The molecular weight excluding hydrogens is 585 g/mol. The molecule has 48 heavy (non-hydrogen) atoms. The molecule has 3 aliphatic rings. The Labute approximate surface area is 291 Å². The molecule has 0 saturated heterocycles. The molecule has 4 nitrogen and oxygen atoms in total. The van der Waals surface area contributed by atoms with E-state index in [1.165, 1.54) is 39.1 Å². The lowest BCUT2D eigenvalue weighted by Crippen LogP contribution is -2.38. The van der Waals surface area contributed by atoms with Crippen molar-refractivity contribution in [3.8, 4) is 12.3 Å². The lowest BCUT2D eigenvalue weighted by Gasteiger charge is -2.42. The fourth-order valence-electron chi connectivity index (χ4n) is 6.82. The van der Waals surface area contributed by atoms with Gasteiger partial charge in [0.15, 0.2) is 0 Å². The van der Waals surface area contributed by atoms with E-state index in [-0.39, 0.29) is 12.0 Å². The Morgan fingerprint density at radius 3 is 2.58 bits per heavy atom. The number of nitrogens with one attached hydrogen (secondary N) is 2. The van der Waals surface area contributed by atoms with Crippen molar-refractivity contribution in [2.75, 3.05) is 13.6 Å².